The highest BCUT2D eigenvalue weighted by atomic mass is 35.5. The van der Waals surface area contributed by atoms with Crippen molar-refractivity contribution in [2.24, 2.45) is 0 Å². The third-order valence-corrected chi connectivity index (χ3v) is 3.01. The lowest BCUT2D eigenvalue weighted by Gasteiger charge is -2.23. The van der Waals surface area contributed by atoms with Gasteiger partial charge in [0.05, 0.1) is 11.2 Å². The van der Waals surface area contributed by atoms with Gasteiger partial charge in [-0.1, -0.05) is 23.2 Å². The van der Waals surface area contributed by atoms with Crippen molar-refractivity contribution in [3.05, 3.63) is 22.4 Å². The molecule has 2 heterocycles. The van der Waals surface area contributed by atoms with Crippen LogP contribution in [0.5, 0.6) is 5.75 Å². The molecule has 5 heteroatoms. The van der Waals surface area contributed by atoms with E-state index < -0.39 is 0 Å². The van der Waals surface area contributed by atoms with Gasteiger partial charge in [0.2, 0.25) is 0 Å². The Morgan fingerprint density at radius 1 is 1.47 bits per heavy atom. The molecule has 82 valence electrons. The number of pyridine rings is 1. The van der Waals surface area contributed by atoms with Gasteiger partial charge in [-0.2, -0.15) is 0 Å². The second kappa shape index (κ2) is 5.01. The molecule has 0 aromatic carbocycles. The Morgan fingerprint density at radius 3 is 3.00 bits per heavy atom. The SMILES string of the molecule is Clc1cc(OC2CCCNC2)cnc1Cl. The molecule has 0 spiro atoms. The molecule has 0 radical (unpaired) electrons. The number of halogens is 2. The first kappa shape index (κ1) is 11.0. The lowest BCUT2D eigenvalue weighted by atomic mass is 10.1. The Bertz CT molecular complexity index is 340. The van der Waals surface area contributed by atoms with Crippen molar-refractivity contribution in [1.82, 2.24) is 10.3 Å². The minimum absolute atomic E-state index is 0.206. The number of rotatable bonds is 2. The van der Waals surface area contributed by atoms with E-state index >= 15 is 0 Å². The van der Waals surface area contributed by atoms with Crippen LogP contribution in [0.4, 0.5) is 0 Å². The molecule has 1 saturated heterocycles. The fraction of sp³-hybridized carbons (Fsp3) is 0.500. The normalized spacial score (nSPS) is 21.3. The van der Waals surface area contributed by atoms with Crippen LogP contribution in [0.15, 0.2) is 12.3 Å². The maximum Gasteiger partial charge on any atom is 0.147 e. The highest BCUT2D eigenvalue weighted by Crippen LogP contribution is 2.24. The number of nitrogens with one attached hydrogen (secondary N) is 1. The lowest BCUT2D eigenvalue weighted by molar-refractivity contribution is 0.166. The van der Waals surface area contributed by atoms with Gasteiger partial charge in [-0.3, -0.25) is 0 Å². The van der Waals surface area contributed by atoms with Gasteiger partial charge in [-0.15, -0.1) is 0 Å². The van der Waals surface area contributed by atoms with E-state index in [0.29, 0.717) is 15.9 Å². The molecule has 3 nitrogen and oxygen atoms in total. The van der Waals surface area contributed by atoms with Crippen molar-refractivity contribution in [1.29, 1.82) is 0 Å². The van der Waals surface area contributed by atoms with Gasteiger partial charge < -0.3 is 10.1 Å². The van der Waals surface area contributed by atoms with E-state index in [4.69, 9.17) is 27.9 Å². The fourth-order valence-electron chi connectivity index (χ4n) is 1.58. The molecule has 1 unspecified atom stereocenters. The first-order chi connectivity index (χ1) is 7.25. The van der Waals surface area contributed by atoms with Crippen molar-refractivity contribution in [3.63, 3.8) is 0 Å². The summed E-state index contributed by atoms with van der Waals surface area (Å²) < 4.78 is 5.72. The lowest BCUT2D eigenvalue weighted by Crippen LogP contribution is -2.37. The van der Waals surface area contributed by atoms with Crippen LogP contribution in [-0.4, -0.2) is 24.2 Å². The van der Waals surface area contributed by atoms with Crippen molar-refractivity contribution in [2.75, 3.05) is 13.1 Å². The Kier molecular flexibility index (Phi) is 3.67. The average Bonchev–Trinajstić information content (AvgIpc) is 2.25. The molecule has 2 rings (SSSR count). The van der Waals surface area contributed by atoms with Crippen LogP contribution in [-0.2, 0) is 0 Å². The summed E-state index contributed by atoms with van der Waals surface area (Å²) >= 11 is 11.6. The molecule has 0 bridgehead atoms. The second-order valence-corrected chi connectivity index (χ2v) is 4.30. The van der Waals surface area contributed by atoms with Gasteiger partial charge in [-0.05, 0) is 19.4 Å². The van der Waals surface area contributed by atoms with Gasteiger partial charge >= 0.3 is 0 Å². The largest absolute Gasteiger partial charge is 0.487 e. The topological polar surface area (TPSA) is 34.1 Å². The van der Waals surface area contributed by atoms with E-state index in [9.17, 15) is 0 Å². The summed E-state index contributed by atoms with van der Waals surface area (Å²) in [6, 6.07) is 1.70. The molecule has 1 aliphatic heterocycles. The van der Waals surface area contributed by atoms with Crippen molar-refractivity contribution >= 4 is 23.2 Å². The molecule has 0 aliphatic carbocycles. The van der Waals surface area contributed by atoms with Crippen LogP contribution < -0.4 is 10.1 Å². The van der Waals surface area contributed by atoms with Crippen LogP contribution in [0.3, 0.4) is 0 Å². The Hall–Kier alpha value is -0.510. The Balaban J connectivity index is 2.00. The molecule has 1 aromatic heterocycles. The molecule has 1 aromatic rings. The summed E-state index contributed by atoms with van der Waals surface area (Å²) in [5.74, 6) is 0.679. The van der Waals surface area contributed by atoms with Gasteiger partial charge in [0.25, 0.3) is 0 Å². The van der Waals surface area contributed by atoms with Gasteiger partial charge in [-0.25, -0.2) is 4.98 Å². The molecule has 1 atom stereocenters. The molecule has 15 heavy (non-hydrogen) atoms. The number of hydrogen-bond donors (Lipinski definition) is 1. The van der Waals surface area contributed by atoms with Crippen LogP contribution in [0.2, 0.25) is 10.2 Å². The van der Waals surface area contributed by atoms with Crippen LogP contribution >= 0.6 is 23.2 Å². The molecular weight excluding hydrogens is 235 g/mol. The van der Waals surface area contributed by atoms with Crippen molar-refractivity contribution in [2.45, 2.75) is 18.9 Å². The third kappa shape index (κ3) is 2.97. The van der Waals surface area contributed by atoms with Crippen LogP contribution in [0.25, 0.3) is 0 Å². The van der Waals surface area contributed by atoms with Gasteiger partial charge in [0.15, 0.2) is 0 Å². The monoisotopic (exact) mass is 246 g/mol. The van der Waals surface area contributed by atoms with E-state index in [2.05, 4.69) is 10.3 Å². The van der Waals surface area contributed by atoms with Crippen LogP contribution in [0.1, 0.15) is 12.8 Å². The quantitative estimate of drug-likeness (QED) is 0.815. The van der Waals surface area contributed by atoms with E-state index in [1.54, 1.807) is 12.3 Å². The summed E-state index contributed by atoms with van der Waals surface area (Å²) in [6.45, 7) is 1.94. The predicted molar refractivity (Wildman–Crippen MR) is 60.8 cm³/mol. The minimum Gasteiger partial charge on any atom is -0.487 e. The number of nitrogens with zero attached hydrogens (tertiary/aromatic N) is 1. The number of hydrogen-bond acceptors (Lipinski definition) is 3. The first-order valence-corrected chi connectivity index (χ1v) is 5.70. The summed E-state index contributed by atoms with van der Waals surface area (Å²) in [7, 11) is 0. The van der Waals surface area contributed by atoms with Gasteiger partial charge in [0, 0.05) is 12.6 Å². The molecular formula is C10H12Cl2N2O. The third-order valence-electron chi connectivity index (χ3n) is 2.33. The number of piperidine rings is 1. The molecule has 0 amide bonds. The number of aromatic nitrogens is 1. The van der Waals surface area contributed by atoms with E-state index in [1.807, 2.05) is 0 Å². The van der Waals surface area contributed by atoms with Crippen LogP contribution in [0, 0.1) is 0 Å². The Labute approximate surface area is 98.7 Å². The fourth-order valence-corrected chi connectivity index (χ4v) is 1.84. The summed E-state index contributed by atoms with van der Waals surface area (Å²) in [6.07, 6.45) is 4.01. The zero-order chi connectivity index (χ0) is 10.7. The van der Waals surface area contributed by atoms with Crippen molar-refractivity contribution in [3.8, 4) is 5.75 Å². The second-order valence-electron chi connectivity index (χ2n) is 3.53. The summed E-state index contributed by atoms with van der Waals surface area (Å²) in [5, 5.41) is 4.02. The maximum atomic E-state index is 5.84. The highest BCUT2D eigenvalue weighted by molar-refractivity contribution is 6.41. The summed E-state index contributed by atoms with van der Waals surface area (Å²) in [4.78, 5) is 3.93. The molecule has 1 aliphatic rings. The highest BCUT2D eigenvalue weighted by Gasteiger charge is 2.14. The molecule has 1 N–H and O–H groups in total. The zero-order valence-corrected chi connectivity index (χ0v) is 9.68. The Morgan fingerprint density at radius 2 is 2.33 bits per heavy atom. The average molecular weight is 247 g/mol. The van der Waals surface area contributed by atoms with E-state index in [0.717, 1.165) is 25.9 Å². The van der Waals surface area contributed by atoms with E-state index in [1.165, 1.54) is 0 Å². The van der Waals surface area contributed by atoms with Gasteiger partial charge in [0.1, 0.15) is 17.0 Å². The zero-order valence-electron chi connectivity index (χ0n) is 8.17. The van der Waals surface area contributed by atoms with Crippen molar-refractivity contribution < 1.29 is 4.74 Å². The predicted octanol–water partition coefficient (Wildman–Crippen LogP) is 2.52. The first-order valence-electron chi connectivity index (χ1n) is 4.94. The standard InChI is InChI=1S/C10H12Cl2N2O/c11-9-4-8(6-14-10(9)12)15-7-2-1-3-13-5-7/h4,6-7,13H,1-3,5H2. The minimum atomic E-state index is 0.206. The smallest absolute Gasteiger partial charge is 0.147 e. The summed E-state index contributed by atoms with van der Waals surface area (Å²) in [5.41, 5.74) is 0. The molecule has 0 saturated carbocycles. The maximum absolute atomic E-state index is 5.84. The number of ether oxygens (including phenoxy) is 1. The molecule has 1 fully saturated rings. The van der Waals surface area contributed by atoms with E-state index in [-0.39, 0.29) is 6.10 Å².